The van der Waals surface area contributed by atoms with Gasteiger partial charge in [0.25, 0.3) is 0 Å². The molecule has 37 heavy (non-hydrogen) atoms. The number of aromatic nitrogens is 3. The van der Waals surface area contributed by atoms with Crippen LogP contribution in [-0.4, -0.2) is 72.3 Å². The number of hydrogen-bond donors (Lipinski definition) is 3. The summed E-state index contributed by atoms with van der Waals surface area (Å²) in [6.07, 6.45) is 10.2. The minimum Gasteiger partial charge on any atom is -0.381 e. The molecule has 3 aliphatic heterocycles. The Bertz CT molecular complexity index is 1230. The van der Waals surface area contributed by atoms with Crippen LogP contribution in [-0.2, 0) is 9.53 Å². The van der Waals surface area contributed by atoms with Gasteiger partial charge in [-0.3, -0.25) is 9.78 Å². The van der Waals surface area contributed by atoms with Gasteiger partial charge in [0.15, 0.2) is 0 Å². The Morgan fingerprint density at radius 2 is 1.89 bits per heavy atom. The lowest BCUT2D eigenvalue weighted by atomic mass is 9.95. The number of rotatable bonds is 6. The third-order valence-electron chi connectivity index (χ3n) is 7.81. The molecular weight excluding hydrogens is 466 g/mol. The second-order valence-electron chi connectivity index (χ2n) is 10.3. The molecule has 3 saturated heterocycles. The molecular formula is C28H35N7O2. The van der Waals surface area contributed by atoms with E-state index < -0.39 is 0 Å². The number of piperidine rings is 1. The summed E-state index contributed by atoms with van der Waals surface area (Å²) in [6, 6.07) is 8.89. The molecule has 0 bridgehead atoms. The molecule has 1 amide bonds. The highest BCUT2D eigenvalue weighted by Crippen LogP contribution is 2.32. The van der Waals surface area contributed by atoms with Gasteiger partial charge in [0.1, 0.15) is 11.6 Å². The van der Waals surface area contributed by atoms with Gasteiger partial charge in [0.2, 0.25) is 5.91 Å². The molecule has 194 valence electrons. The molecule has 0 saturated carbocycles. The van der Waals surface area contributed by atoms with E-state index in [0.29, 0.717) is 6.04 Å². The van der Waals surface area contributed by atoms with E-state index in [1.54, 1.807) is 0 Å². The van der Waals surface area contributed by atoms with Crippen LogP contribution in [0.3, 0.4) is 0 Å². The van der Waals surface area contributed by atoms with E-state index in [9.17, 15) is 4.79 Å². The summed E-state index contributed by atoms with van der Waals surface area (Å²) in [4.78, 5) is 29.2. The number of nitrogens with one attached hydrogen (secondary N) is 3. The fraction of sp³-hybridized carbons (Fsp3) is 0.500. The van der Waals surface area contributed by atoms with E-state index in [1.807, 2.05) is 30.7 Å². The Hall–Kier alpha value is -3.30. The van der Waals surface area contributed by atoms with Gasteiger partial charge >= 0.3 is 0 Å². The summed E-state index contributed by atoms with van der Waals surface area (Å²) in [6.45, 7) is 5.05. The Morgan fingerprint density at radius 3 is 2.70 bits per heavy atom. The molecule has 3 fully saturated rings. The Balaban J connectivity index is 1.21. The zero-order chi connectivity index (χ0) is 25.0. The second-order valence-corrected chi connectivity index (χ2v) is 10.3. The Labute approximate surface area is 217 Å². The molecule has 3 aliphatic rings. The van der Waals surface area contributed by atoms with Crippen LogP contribution >= 0.6 is 0 Å². The van der Waals surface area contributed by atoms with E-state index in [4.69, 9.17) is 9.72 Å². The van der Waals surface area contributed by atoms with Crippen molar-refractivity contribution in [3.05, 3.63) is 42.9 Å². The molecule has 0 radical (unpaired) electrons. The molecule has 6 heterocycles. The number of amides is 1. The highest BCUT2D eigenvalue weighted by molar-refractivity contribution is 5.94. The highest BCUT2D eigenvalue weighted by Gasteiger charge is 2.28. The molecule has 0 spiro atoms. The average Bonchev–Trinajstić information content (AvgIpc) is 3.46. The average molecular weight is 502 g/mol. The molecule has 0 aliphatic carbocycles. The van der Waals surface area contributed by atoms with Crippen LogP contribution in [0.2, 0.25) is 0 Å². The third kappa shape index (κ3) is 5.52. The fourth-order valence-electron chi connectivity index (χ4n) is 5.64. The van der Waals surface area contributed by atoms with Gasteiger partial charge in [0.05, 0.1) is 5.69 Å². The van der Waals surface area contributed by atoms with Crippen LogP contribution in [0.4, 0.5) is 11.6 Å². The molecule has 9 nitrogen and oxygen atoms in total. The maximum atomic E-state index is 12.8. The van der Waals surface area contributed by atoms with E-state index in [1.165, 1.54) is 0 Å². The van der Waals surface area contributed by atoms with Crippen molar-refractivity contribution in [3.63, 3.8) is 0 Å². The molecule has 3 aromatic heterocycles. The van der Waals surface area contributed by atoms with Gasteiger partial charge in [0, 0.05) is 85.8 Å². The molecule has 0 aromatic carbocycles. The summed E-state index contributed by atoms with van der Waals surface area (Å²) >= 11 is 0. The minimum absolute atomic E-state index is 0.0620. The first-order chi connectivity index (χ1) is 18.2. The summed E-state index contributed by atoms with van der Waals surface area (Å²) in [5.74, 6) is 2.09. The topological polar surface area (TPSA) is 104 Å². The Kier molecular flexibility index (Phi) is 7.14. The van der Waals surface area contributed by atoms with Crippen molar-refractivity contribution < 1.29 is 9.53 Å². The highest BCUT2D eigenvalue weighted by atomic mass is 16.5. The van der Waals surface area contributed by atoms with Crippen molar-refractivity contribution in [3.8, 4) is 11.3 Å². The quantitative estimate of drug-likeness (QED) is 0.474. The normalized spacial score (nSPS) is 21.3. The lowest BCUT2D eigenvalue weighted by Gasteiger charge is -2.33. The van der Waals surface area contributed by atoms with Crippen LogP contribution in [0, 0.1) is 5.92 Å². The molecule has 6 rings (SSSR count). The number of fused-ring (bicyclic) bond motifs is 1. The first-order valence-corrected chi connectivity index (χ1v) is 13.5. The maximum Gasteiger partial charge on any atom is 0.223 e. The second kappa shape index (κ2) is 11.0. The summed E-state index contributed by atoms with van der Waals surface area (Å²) in [5, 5.41) is 12.3. The first kappa shape index (κ1) is 24.1. The lowest BCUT2D eigenvalue weighted by molar-refractivity contribution is -0.126. The molecule has 3 aromatic rings. The van der Waals surface area contributed by atoms with Crippen molar-refractivity contribution in [1.29, 1.82) is 0 Å². The largest absolute Gasteiger partial charge is 0.381 e. The number of anilines is 2. The van der Waals surface area contributed by atoms with Crippen molar-refractivity contribution in [2.75, 3.05) is 49.6 Å². The summed E-state index contributed by atoms with van der Waals surface area (Å²) in [5.41, 5.74) is 1.93. The Morgan fingerprint density at radius 1 is 1.03 bits per heavy atom. The molecule has 3 N–H and O–H groups in total. The van der Waals surface area contributed by atoms with Crippen molar-refractivity contribution in [2.24, 2.45) is 5.92 Å². The summed E-state index contributed by atoms with van der Waals surface area (Å²) in [7, 11) is 0. The SMILES string of the molecule is O=C(N[C@H]1CCNC1)C1CCN(c2nc(-c3ccnc(NC4CCOCC4)c3)cc3cnccc23)CC1. The van der Waals surface area contributed by atoms with Crippen molar-refractivity contribution in [2.45, 2.75) is 44.2 Å². The number of carbonyl (C=O) groups is 1. The maximum absolute atomic E-state index is 12.8. The van der Waals surface area contributed by atoms with Gasteiger partial charge in [-0.25, -0.2) is 9.97 Å². The van der Waals surface area contributed by atoms with E-state index in [2.05, 4.69) is 43.0 Å². The van der Waals surface area contributed by atoms with E-state index >= 15 is 0 Å². The van der Waals surface area contributed by atoms with Gasteiger partial charge in [-0.1, -0.05) is 0 Å². The van der Waals surface area contributed by atoms with Crippen LogP contribution in [0.1, 0.15) is 32.1 Å². The minimum atomic E-state index is 0.0620. The summed E-state index contributed by atoms with van der Waals surface area (Å²) < 4.78 is 5.49. The molecule has 9 heteroatoms. The standard InChI is InChI=1S/C28H35N7O2/c36-28(33-23-2-8-30-18-23)19-4-11-35(12-5-19)27-24-3-9-29-17-21(24)15-25(34-27)20-1-10-31-26(16-20)32-22-6-13-37-14-7-22/h1,3,9-10,15-17,19,22-23,30H,2,4-8,11-14,18H2,(H,31,32)(H,33,36)/t23-/m0/s1. The number of ether oxygens (including phenoxy) is 1. The van der Waals surface area contributed by atoms with Gasteiger partial charge < -0.3 is 25.6 Å². The van der Waals surface area contributed by atoms with Crippen molar-refractivity contribution >= 4 is 28.3 Å². The number of nitrogens with zero attached hydrogens (tertiary/aromatic N) is 4. The van der Waals surface area contributed by atoms with Crippen LogP contribution in [0.15, 0.2) is 42.9 Å². The first-order valence-electron chi connectivity index (χ1n) is 13.5. The van der Waals surface area contributed by atoms with Crippen LogP contribution in [0.25, 0.3) is 22.0 Å². The predicted molar refractivity (Wildman–Crippen MR) is 145 cm³/mol. The van der Waals surface area contributed by atoms with Gasteiger partial charge in [-0.05, 0) is 62.9 Å². The van der Waals surface area contributed by atoms with Gasteiger partial charge in [-0.15, -0.1) is 0 Å². The van der Waals surface area contributed by atoms with Gasteiger partial charge in [-0.2, -0.15) is 0 Å². The molecule has 1 atom stereocenters. The molecule has 0 unspecified atom stereocenters. The van der Waals surface area contributed by atoms with Crippen LogP contribution < -0.4 is 20.9 Å². The van der Waals surface area contributed by atoms with Crippen LogP contribution in [0.5, 0.6) is 0 Å². The fourth-order valence-corrected chi connectivity index (χ4v) is 5.64. The smallest absolute Gasteiger partial charge is 0.223 e. The number of hydrogen-bond acceptors (Lipinski definition) is 8. The lowest BCUT2D eigenvalue weighted by Crippen LogP contribution is -2.44. The third-order valence-corrected chi connectivity index (χ3v) is 7.81. The number of carbonyl (C=O) groups excluding carboxylic acids is 1. The number of pyridine rings is 3. The predicted octanol–water partition coefficient (Wildman–Crippen LogP) is 2.98. The van der Waals surface area contributed by atoms with E-state index in [-0.39, 0.29) is 17.9 Å². The van der Waals surface area contributed by atoms with Crippen molar-refractivity contribution in [1.82, 2.24) is 25.6 Å². The zero-order valence-electron chi connectivity index (χ0n) is 21.2. The zero-order valence-corrected chi connectivity index (χ0v) is 21.2. The monoisotopic (exact) mass is 501 g/mol. The van der Waals surface area contributed by atoms with E-state index in [0.717, 1.165) is 105 Å².